The predicted molar refractivity (Wildman–Crippen MR) is 56.1 cm³/mol. The van der Waals surface area contributed by atoms with Crippen molar-refractivity contribution in [3.8, 4) is 5.75 Å². The van der Waals surface area contributed by atoms with Crippen molar-refractivity contribution >= 4 is 15.9 Å². The average molecular weight is 245 g/mol. The highest BCUT2D eigenvalue weighted by Gasteiger charge is 1.92. The van der Waals surface area contributed by atoms with E-state index in [1.807, 2.05) is 31.2 Å². The van der Waals surface area contributed by atoms with Gasteiger partial charge in [-0.15, -0.1) is 0 Å². The Balaban J connectivity index is 2.25. The average Bonchev–Trinajstić information content (AvgIpc) is 2.15. The molecule has 0 saturated heterocycles. The molecule has 1 aromatic carbocycles. The molecule has 0 saturated carbocycles. The van der Waals surface area contributed by atoms with E-state index in [1.165, 1.54) is 0 Å². The van der Waals surface area contributed by atoms with Crippen LogP contribution in [-0.2, 0) is 4.74 Å². The summed E-state index contributed by atoms with van der Waals surface area (Å²) < 4.78 is 11.6. The van der Waals surface area contributed by atoms with Crippen molar-refractivity contribution < 1.29 is 9.47 Å². The van der Waals surface area contributed by atoms with Gasteiger partial charge in [-0.2, -0.15) is 0 Å². The first-order valence-corrected chi connectivity index (χ1v) is 5.08. The lowest BCUT2D eigenvalue weighted by Gasteiger charge is -2.05. The van der Waals surface area contributed by atoms with Crippen molar-refractivity contribution in [2.45, 2.75) is 6.92 Å². The van der Waals surface area contributed by atoms with E-state index < -0.39 is 0 Å². The molecule has 0 N–H and O–H groups in total. The van der Waals surface area contributed by atoms with Crippen molar-refractivity contribution in [1.29, 1.82) is 0 Å². The van der Waals surface area contributed by atoms with Crippen molar-refractivity contribution in [3.63, 3.8) is 0 Å². The van der Waals surface area contributed by atoms with E-state index in [2.05, 4.69) is 15.9 Å². The summed E-state index contributed by atoms with van der Waals surface area (Å²) >= 11 is 3.36. The molecule has 0 aliphatic rings. The first-order valence-electron chi connectivity index (χ1n) is 4.29. The molecule has 0 aliphatic carbocycles. The molecule has 0 amide bonds. The van der Waals surface area contributed by atoms with Crippen LogP contribution in [0, 0.1) is 0 Å². The number of halogens is 1. The molecule has 1 rings (SSSR count). The Labute approximate surface area is 87.0 Å². The van der Waals surface area contributed by atoms with Gasteiger partial charge < -0.3 is 9.47 Å². The van der Waals surface area contributed by atoms with Gasteiger partial charge in [0.25, 0.3) is 0 Å². The van der Waals surface area contributed by atoms with Crippen LogP contribution >= 0.6 is 15.9 Å². The van der Waals surface area contributed by atoms with Crippen LogP contribution in [0.2, 0.25) is 0 Å². The summed E-state index contributed by atoms with van der Waals surface area (Å²) in [6.07, 6.45) is 0. The fraction of sp³-hybridized carbons (Fsp3) is 0.400. The molecule has 0 fully saturated rings. The molecule has 72 valence electrons. The summed E-state index contributed by atoms with van der Waals surface area (Å²) in [6.45, 7) is 3.96. The Morgan fingerprint density at radius 1 is 1.15 bits per heavy atom. The van der Waals surface area contributed by atoms with Crippen LogP contribution in [0.3, 0.4) is 0 Å². The summed E-state index contributed by atoms with van der Waals surface area (Å²) in [5.41, 5.74) is 0. The second kappa shape index (κ2) is 6.00. The Morgan fingerprint density at radius 2 is 1.85 bits per heavy atom. The van der Waals surface area contributed by atoms with Gasteiger partial charge in [0.15, 0.2) is 0 Å². The highest BCUT2D eigenvalue weighted by Crippen LogP contribution is 2.15. The molecule has 13 heavy (non-hydrogen) atoms. The first kappa shape index (κ1) is 10.5. The van der Waals surface area contributed by atoms with E-state index in [-0.39, 0.29) is 0 Å². The molecular formula is C10H13BrO2. The molecule has 0 radical (unpaired) electrons. The van der Waals surface area contributed by atoms with E-state index in [1.54, 1.807) is 0 Å². The Hall–Kier alpha value is -0.540. The third-order valence-electron chi connectivity index (χ3n) is 1.51. The number of rotatable bonds is 5. The van der Waals surface area contributed by atoms with Gasteiger partial charge >= 0.3 is 0 Å². The van der Waals surface area contributed by atoms with E-state index in [0.29, 0.717) is 13.2 Å². The Bertz CT molecular complexity index is 233. The number of benzene rings is 1. The number of hydrogen-bond acceptors (Lipinski definition) is 2. The highest BCUT2D eigenvalue weighted by atomic mass is 79.9. The van der Waals surface area contributed by atoms with Crippen molar-refractivity contribution in [2.24, 2.45) is 0 Å². The lowest BCUT2D eigenvalue weighted by Crippen LogP contribution is -2.05. The van der Waals surface area contributed by atoms with Gasteiger partial charge in [0.1, 0.15) is 12.4 Å². The maximum absolute atomic E-state index is 5.42. The first-order chi connectivity index (χ1) is 6.33. The minimum atomic E-state index is 0.607. The summed E-state index contributed by atoms with van der Waals surface area (Å²) in [5, 5.41) is 0. The van der Waals surface area contributed by atoms with Crippen molar-refractivity contribution in [1.82, 2.24) is 0 Å². The highest BCUT2D eigenvalue weighted by molar-refractivity contribution is 9.10. The van der Waals surface area contributed by atoms with Gasteiger partial charge in [0.2, 0.25) is 0 Å². The van der Waals surface area contributed by atoms with Crippen LogP contribution in [0.15, 0.2) is 28.7 Å². The molecule has 2 nitrogen and oxygen atoms in total. The van der Waals surface area contributed by atoms with Crippen LogP contribution in [-0.4, -0.2) is 19.8 Å². The van der Waals surface area contributed by atoms with Crippen LogP contribution in [0.4, 0.5) is 0 Å². The summed E-state index contributed by atoms with van der Waals surface area (Å²) in [6, 6.07) is 7.76. The van der Waals surface area contributed by atoms with Gasteiger partial charge in [-0.05, 0) is 31.2 Å². The normalized spacial score (nSPS) is 10.0. The zero-order valence-corrected chi connectivity index (χ0v) is 9.21. The van der Waals surface area contributed by atoms with Crippen LogP contribution < -0.4 is 4.74 Å². The summed E-state index contributed by atoms with van der Waals surface area (Å²) in [4.78, 5) is 0. The molecule has 0 unspecified atom stereocenters. The van der Waals surface area contributed by atoms with Crippen LogP contribution in [0.1, 0.15) is 6.92 Å². The Morgan fingerprint density at radius 3 is 2.46 bits per heavy atom. The van der Waals surface area contributed by atoms with E-state index >= 15 is 0 Å². The predicted octanol–water partition coefficient (Wildman–Crippen LogP) is 2.86. The molecule has 1 aromatic rings. The van der Waals surface area contributed by atoms with Gasteiger partial charge in [-0.25, -0.2) is 0 Å². The van der Waals surface area contributed by atoms with Crippen LogP contribution in [0.25, 0.3) is 0 Å². The summed E-state index contributed by atoms with van der Waals surface area (Å²) in [7, 11) is 0. The topological polar surface area (TPSA) is 18.5 Å². The molecule has 0 heterocycles. The second-order valence-corrected chi connectivity index (χ2v) is 3.41. The third kappa shape index (κ3) is 4.29. The minimum Gasteiger partial charge on any atom is -0.491 e. The molecule has 0 bridgehead atoms. The van der Waals surface area contributed by atoms with Gasteiger partial charge in [0, 0.05) is 11.1 Å². The van der Waals surface area contributed by atoms with Crippen molar-refractivity contribution in [2.75, 3.05) is 19.8 Å². The van der Waals surface area contributed by atoms with E-state index in [9.17, 15) is 0 Å². The molecule has 0 aliphatic heterocycles. The SMILES string of the molecule is CCOCCOc1ccc(Br)cc1. The molecule has 3 heteroatoms. The fourth-order valence-corrected chi connectivity index (χ4v) is 1.16. The van der Waals surface area contributed by atoms with E-state index in [0.717, 1.165) is 16.8 Å². The number of hydrogen-bond donors (Lipinski definition) is 0. The smallest absolute Gasteiger partial charge is 0.119 e. The van der Waals surface area contributed by atoms with Gasteiger partial charge in [-0.3, -0.25) is 0 Å². The fourth-order valence-electron chi connectivity index (χ4n) is 0.894. The molecular weight excluding hydrogens is 232 g/mol. The lowest BCUT2D eigenvalue weighted by molar-refractivity contribution is 0.110. The lowest BCUT2D eigenvalue weighted by atomic mass is 10.3. The molecule has 0 aromatic heterocycles. The summed E-state index contributed by atoms with van der Waals surface area (Å²) in [5.74, 6) is 0.878. The number of ether oxygens (including phenoxy) is 2. The van der Waals surface area contributed by atoms with Gasteiger partial charge in [-0.1, -0.05) is 15.9 Å². The minimum absolute atomic E-state index is 0.607. The van der Waals surface area contributed by atoms with Crippen LogP contribution in [0.5, 0.6) is 5.75 Å². The van der Waals surface area contributed by atoms with E-state index in [4.69, 9.17) is 9.47 Å². The third-order valence-corrected chi connectivity index (χ3v) is 2.04. The maximum atomic E-state index is 5.42. The quantitative estimate of drug-likeness (QED) is 0.742. The maximum Gasteiger partial charge on any atom is 0.119 e. The largest absolute Gasteiger partial charge is 0.491 e. The molecule has 0 atom stereocenters. The monoisotopic (exact) mass is 244 g/mol. The zero-order valence-electron chi connectivity index (χ0n) is 7.63. The zero-order chi connectivity index (χ0) is 9.52. The standard InChI is InChI=1S/C10H13BrO2/c1-2-12-7-8-13-10-5-3-9(11)4-6-10/h3-6H,2,7-8H2,1H3. The molecule has 0 spiro atoms. The Kier molecular flexibility index (Phi) is 4.86. The second-order valence-electron chi connectivity index (χ2n) is 2.50. The van der Waals surface area contributed by atoms with Gasteiger partial charge in [0.05, 0.1) is 6.61 Å². The van der Waals surface area contributed by atoms with Crippen molar-refractivity contribution in [3.05, 3.63) is 28.7 Å².